The van der Waals surface area contributed by atoms with Gasteiger partial charge in [0.25, 0.3) is 0 Å². The molecule has 134 valence electrons. The minimum absolute atomic E-state index is 0.0308. The molecule has 0 unspecified atom stereocenters. The van der Waals surface area contributed by atoms with Gasteiger partial charge in [-0.3, -0.25) is 9.78 Å². The topological polar surface area (TPSA) is 90.1 Å². The smallest absolute Gasteiger partial charge is 0.387 e. The Kier molecular flexibility index (Phi) is 5.47. The molecule has 1 N–H and O–H groups in total. The molecule has 0 radical (unpaired) electrons. The lowest BCUT2D eigenvalue weighted by Gasteiger charge is -2.07. The van der Waals surface area contributed by atoms with Crippen molar-refractivity contribution in [1.29, 1.82) is 0 Å². The number of pyridine rings is 1. The van der Waals surface area contributed by atoms with E-state index >= 15 is 0 Å². The summed E-state index contributed by atoms with van der Waals surface area (Å²) in [6, 6.07) is 9.27. The molecule has 3 rings (SSSR count). The van der Waals surface area contributed by atoms with Gasteiger partial charge in [-0.15, -0.1) is 0 Å². The number of halogens is 2. The number of carbonyl (C=O) groups excluding carboxylic acids is 1. The quantitative estimate of drug-likeness (QED) is 0.695. The second-order valence-corrected chi connectivity index (χ2v) is 5.20. The summed E-state index contributed by atoms with van der Waals surface area (Å²) in [4.78, 5) is 20.1. The SMILES string of the molecule is O=C(CCc1nc(-c2ccncc2)no1)Nc1cccc(OC(F)F)c1. The van der Waals surface area contributed by atoms with Crippen LogP contribution in [-0.4, -0.2) is 27.6 Å². The van der Waals surface area contributed by atoms with Crippen LogP contribution >= 0.6 is 0 Å². The molecule has 0 aliphatic carbocycles. The lowest BCUT2D eigenvalue weighted by Crippen LogP contribution is -2.12. The first kappa shape index (κ1) is 17.5. The van der Waals surface area contributed by atoms with E-state index in [1.54, 1.807) is 30.6 Å². The van der Waals surface area contributed by atoms with Gasteiger partial charge in [0.05, 0.1) is 0 Å². The van der Waals surface area contributed by atoms with E-state index in [0.717, 1.165) is 5.56 Å². The van der Waals surface area contributed by atoms with Crippen molar-refractivity contribution in [2.45, 2.75) is 19.5 Å². The van der Waals surface area contributed by atoms with Crippen LogP contribution in [0.5, 0.6) is 5.75 Å². The molecule has 2 heterocycles. The van der Waals surface area contributed by atoms with Crippen molar-refractivity contribution >= 4 is 11.6 Å². The van der Waals surface area contributed by atoms with Crippen LogP contribution in [0.3, 0.4) is 0 Å². The molecule has 1 amide bonds. The van der Waals surface area contributed by atoms with E-state index in [1.165, 1.54) is 18.2 Å². The van der Waals surface area contributed by atoms with Gasteiger partial charge in [0.15, 0.2) is 0 Å². The fourth-order valence-electron chi connectivity index (χ4n) is 2.17. The number of anilines is 1. The number of nitrogens with one attached hydrogen (secondary N) is 1. The maximum absolute atomic E-state index is 12.2. The molecule has 0 fully saturated rings. The van der Waals surface area contributed by atoms with E-state index in [-0.39, 0.29) is 24.5 Å². The molecule has 9 heteroatoms. The zero-order valence-electron chi connectivity index (χ0n) is 13.4. The van der Waals surface area contributed by atoms with E-state index in [2.05, 4.69) is 25.2 Å². The van der Waals surface area contributed by atoms with E-state index in [0.29, 0.717) is 17.4 Å². The third-order valence-corrected chi connectivity index (χ3v) is 3.32. The van der Waals surface area contributed by atoms with Crippen molar-refractivity contribution in [2.24, 2.45) is 0 Å². The molecule has 7 nitrogen and oxygen atoms in total. The Balaban J connectivity index is 1.54. The third-order valence-electron chi connectivity index (χ3n) is 3.32. The highest BCUT2D eigenvalue weighted by Crippen LogP contribution is 2.20. The molecule has 26 heavy (non-hydrogen) atoms. The van der Waals surface area contributed by atoms with Gasteiger partial charge in [-0.05, 0) is 24.3 Å². The summed E-state index contributed by atoms with van der Waals surface area (Å²) < 4.78 is 33.8. The van der Waals surface area contributed by atoms with E-state index in [4.69, 9.17) is 4.52 Å². The van der Waals surface area contributed by atoms with E-state index in [1.807, 2.05) is 0 Å². The van der Waals surface area contributed by atoms with Gasteiger partial charge in [-0.25, -0.2) is 0 Å². The van der Waals surface area contributed by atoms with Gasteiger partial charge in [-0.2, -0.15) is 13.8 Å². The van der Waals surface area contributed by atoms with Gasteiger partial charge < -0.3 is 14.6 Å². The fourth-order valence-corrected chi connectivity index (χ4v) is 2.17. The second-order valence-electron chi connectivity index (χ2n) is 5.20. The Morgan fingerprint density at radius 2 is 2.04 bits per heavy atom. The maximum atomic E-state index is 12.2. The third kappa shape index (κ3) is 4.82. The summed E-state index contributed by atoms with van der Waals surface area (Å²) >= 11 is 0. The van der Waals surface area contributed by atoms with Crippen molar-refractivity contribution in [2.75, 3.05) is 5.32 Å². The minimum Gasteiger partial charge on any atom is -0.435 e. The van der Waals surface area contributed by atoms with Crippen LogP contribution in [-0.2, 0) is 11.2 Å². The molecule has 0 bridgehead atoms. The van der Waals surface area contributed by atoms with Crippen molar-refractivity contribution in [3.05, 3.63) is 54.7 Å². The molecule has 0 aliphatic rings. The highest BCUT2D eigenvalue weighted by molar-refractivity contribution is 5.90. The molecule has 0 aliphatic heterocycles. The largest absolute Gasteiger partial charge is 0.435 e. The number of carbonyl (C=O) groups is 1. The van der Waals surface area contributed by atoms with Crippen molar-refractivity contribution in [3.8, 4) is 17.1 Å². The van der Waals surface area contributed by atoms with Gasteiger partial charge >= 0.3 is 6.61 Å². The Hall–Kier alpha value is -3.36. The molecular weight excluding hydrogens is 346 g/mol. The van der Waals surface area contributed by atoms with Crippen LogP contribution in [0.15, 0.2) is 53.3 Å². The summed E-state index contributed by atoms with van der Waals surface area (Å²) in [5, 5.41) is 6.46. The standard InChI is InChI=1S/C17H14F2N4O3/c18-17(19)25-13-3-1-2-12(10-13)21-14(24)4-5-15-22-16(23-26-15)11-6-8-20-9-7-11/h1-3,6-10,17H,4-5H2,(H,21,24). The van der Waals surface area contributed by atoms with E-state index in [9.17, 15) is 13.6 Å². The molecule has 2 aromatic heterocycles. The molecule has 0 saturated heterocycles. The molecule has 1 aromatic carbocycles. The zero-order chi connectivity index (χ0) is 18.4. The normalized spacial score (nSPS) is 10.7. The van der Waals surface area contributed by atoms with Crippen LogP contribution in [0, 0.1) is 0 Å². The van der Waals surface area contributed by atoms with Crippen LogP contribution < -0.4 is 10.1 Å². The molecule has 3 aromatic rings. The van der Waals surface area contributed by atoms with E-state index < -0.39 is 6.61 Å². The van der Waals surface area contributed by atoms with Crippen LogP contribution in [0.1, 0.15) is 12.3 Å². The highest BCUT2D eigenvalue weighted by Gasteiger charge is 2.11. The maximum Gasteiger partial charge on any atom is 0.387 e. The predicted molar refractivity (Wildman–Crippen MR) is 87.6 cm³/mol. The zero-order valence-corrected chi connectivity index (χ0v) is 13.4. The monoisotopic (exact) mass is 360 g/mol. The highest BCUT2D eigenvalue weighted by atomic mass is 19.3. The second kappa shape index (κ2) is 8.15. The van der Waals surface area contributed by atoms with Crippen LogP contribution in [0.2, 0.25) is 0 Å². The summed E-state index contributed by atoms with van der Waals surface area (Å²) in [5.74, 6) is 0.390. The number of aryl methyl sites for hydroxylation is 1. The van der Waals surface area contributed by atoms with Crippen LogP contribution in [0.4, 0.5) is 14.5 Å². The minimum atomic E-state index is -2.92. The van der Waals surface area contributed by atoms with Crippen LogP contribution in [0.25, 0.3) is 11.4 Å². The summed E-state index contributed by atoms with van der Waals surface area (Å²) in [7, 11) is 0. The number of hydrogen-bond donors (Lipinski definition) is 1. The number of rotatable bonds is 7. The molecule has 0 atom stereocenters. The Morgan fingerprint density at radius 3 is 2.81 bits per heavy atom. The number of benzene rings is 1. The molecule has 0 saturated carbocycles. The van der Waals surface area contributed by atoms with Crippen molar-refractivity contribution < 1.29 is 22.8 Å². The van der Waals surface area contributed by atoms with Crippen molar-refractivity contribution in [1.82, 2.24) is 15.1 Å². The van der Waals surface area contributed by atoms with Gasteiger partial charge in [-0.1, -0.05) is 11.2 Å². The average molecular weight is 360 g/mol. The van der Waals surface area contributed by atoms with Gasteiger partial charge in [0, 0.05) is 42.6 Å². The Morgan fingerprint density at radius 1 is 1.23 bits per heavy atom. The van der Waals surface area contributed by atoms with Crippen molar-refractivity contribution in [3.63, 3.8) is 0 Å². The Bertz CT molecular complexity index is 871. The number of amides is 1. The average Bonchev–Trinajstić information content (AvgIpc) is 3.09. The summed E-state index contributed by atoms with van der Waals surface area (Å²) in [5.41, 5.74) is 1.12. The first-order chi connectivity index (χ1) is 12.6. The Labute approximate surface area is 147 Å². The lowest BCUT2D eigenvalue weighted by molar-refractivity contribution is -0.116. The first-order valence-electron chi connectivity index (χ1n) is 7.68. The number of ether oxygens (including phenoxy) is 1. The lowest BCUT2D eigenvalue weighted by atomic mass is 10.2. The van der Waals surface area contributed by atoms with Gasteiger partial charge in [0.2, 0.25) is 17.6 Å². The molecular formula is C17H14F2N4O3. The van der Waals surface area contributed by atoms with Gasteiger partial charge in [0.1, 0.15) is 5.75 Å². The predicted octanol–water partition coefficient (Wildman–Crippen LogP) is 3.30. The fraction of sp³-hybridized carbons (Fsp3) is 0.176. The number of aromatic nitrogens is 3. The first-order valence-corrected chi connectivity index (χ1v) is 7.68. The number of nitrogens with zero attached hydrogens (tertiary/aromatic N) is 3. The number of hydrogen-bond acceptors (Lipinski definition) is 6. The molecule has 0 spiro atoms. The summed E-state index contributed by atoms with van der Waals surface area (Å²) in [6.45, 7) is -2.92. The number of alkyl halides is 2. The summed E-state index contributed by atoms with van der Waals surface area (Å²) in [6.07, 6.45) is 3.57.